The summed E-state index contributed by atoms with van der Waals surface area (Å²) in [5.41, 5.74) is 5.10. The van der Waals surface area contributed by atoms with Crippen LogP contribution in [0.15, 0.2) is 0 Å². The third kappa shape index (κ3) is 7.00. The second-order valence-corrected chi connectivity index (χ2v) is 5.20. The van der Waals surface area contributed by atoms with Crippen LogP contribution < -0.4 is 11.1 Å². The number of rotatable bonds is 8. The maximum Gasteiger partial charge on any atom is 0.321 e. The molecule has 0 spiro atoms. The first-order valence-corrected chi connectivity index (χ1v) is 6.09. The predicted octanol–water partition coefficient (Wildman–Crippen LogP) is -1.95. The fourth-order valence-corrected chi connectivity index (χ4v) is 2.14. The van der Waals surface area contributed by atoms with Gasteiger partial charge in [0.15, 0.2) is 9.84 Å². The molecule has 0 saturated heterocycles. The van der Waals surface area contributed by atoms with E-state index in [2.05, 4.69) is 5.32 Å². The minimum atomic E-state index is -3.45. The van der Waals surface area contributed by atoms with Crippen molar-refractivity contribution in [2.24, 2.45) is 5.73 Å². The summed E-state index contributed by atoms with van der Waals surface area (Å²) in [6.07, 6.45) is 1.11. The molecular formula is C7H15N3O4S. The number of carbonyl (C=O) groups is 1. The lowest BCUT2D eigenvalue weighted by Crippen LogP contribution is -2.39. The van der Waals surface area contributed by atoms with Crippen molar-refractivity contribution in [1.29, 1.82) is 5.41 Å². The van der Waals surface area contributed by atoms with Gasteiger partial charge in [-0.15, -0.1) is 0 Å². The Labute approximate surface area is 88.1 Å². The normalized spacial score (nSPS) is 13.4. The number of hydrogen-bond donors (Lipinski definition) is 4. The maximum absolute atomic E-state index is 11.3. The fraction of sp³-hybridized carbons (Fsp3) is 0.714. The minimum absolute atomic E-state index is 0.179. The van der Waals surface area contributed by atoms with Gasteiger partial charge < -0.3 is 21.6 Å². The molecule has 0 aromatic heterocycles. The summed E-state index contributed by atoms with van der Waals surface area (Å²) in [7, 11) is -3.45. The quantitative estimate of drug-likeness (QED) is 0.286. The predicted molar refractivity (Wildman–Crippen MR) is 55.9 cm³/mol. The van der Waals surface area contributed by atoms with E-state index >= 15 is 0 Å². The van der Waals surface area contributed by atoms with Crippen LogP contribution in [-0.2, 0) is 14.6 Å². The molecule has 0 saturated carbocycles. The first-order valence-electron chi connectivity index (χ1n) is 4.27. The van der Waals surface area contributed by atoms with E-state index < -0.39 is 27.6 Å². The summed E-state index contributed by atoms with van der Waals surface area (Å²) in [5, 5.41) is 17.8. The maximum atomic E-state index is 11.3. The highest BCUT2D eigenvalue weighted by Crippen LogP contribution is 1.93. The SMILES string of the molecule is N=CCNCCS(=O)(=O)C[C@H](N)C(=O)O. The molecule has 0 aliphatic heterocycles. The smallest absolute Gasteiger partial charge is 0.321 e. The first-order chi connectivity index (χ1) is 6.89. The Morgan fingerprint density at radius 1 is 1.60 bits per heavy atom. The Morgan fingerprint density at radius 2 is 2.20 bits per heavy atom. The molecule has 5 N–H and O–H groups in total. The van der Waals surface area contributed by atoms with Crippen molar-refractivity contribution < 1.29 is 18.3 Å². The van der Waals surface area contributed by atoms with Crippen LogP contribution in [0.1, 0.15) is 0 Å². The first kappa shape index (κ1) is 14.0. The zero-order chi connectivity index (χ0) is 11.9. The molecule has 8 heteroatoms. The molecule has 0 fully saturated rings. The largest absolute Gasteiger partial charge is 0.480 e. The summed E-state index contributed by atoms with van der Waals surface area (Å²) in [6, 6.07) is -1.38. The molecule has 0 aliphatic carbocycles. The third-order valence-electron chi connectivity index (χ3n) is 1.59. The number of carboxylic acids is 1. The fourth-order valence-electron chi connectivity index (χ4n) is 0.830. The van der Waals surface area contributed by atoms with Crippen LogP contribution >= 0.6 is 0 Å². The van der Waals surface area contributed by atoms with E-state index in [9.17, 15) is 13.2 Å². The van der Waals surface area contributed by atoms with Crippen molar-refractivity contribution in [3.8, 4) is 0 Å². The topological polar surface area (TPSA) is 133 Å². The molecule has 1 atom stereocenters. The number of carboxylic acid groups (broad SMARTS) is 1. The van der Waals surface area contributed by atoms with Crippen LogP contribution in [0.5, 0.6) is 0 Å². The zero-order valence-electron chi connectivity index (χ0n) is 8.14. The molecular weight excluding hydrogens is 222 g/mol. The van der Waals surface area contributed by atoms with E-state index in [1.807, 2.05) is 0 Å². The summed E-state index contributed by atoms with van der Waals surface area (Å²) >= 11 is 0. The molecule has 7 nitrogen and oxygen atoms in total. The minimum Gasteiger partial charge on any atom is -0.480 e. The summed E-state index contributed by atoms with van der Waals surface area (Å²) in [5.74, 6) is -2.07. The van der Waals surface area contributed by atoms with Gasteiger partial charge in [0.1, 0.15) is 6.04 Å². The summed E-state index contributed by atoms with van der Waals surface area (Å²) in [4.78, 5) is 10.3. The number of nitrogens with one attached hydrogen (secondary N) is 2. The number of sulfone groups is 1. The lowest BCUT2D eigenvalue weighted by molar-refractivity contribution is -0.137. The average Bonchev–Trinajstić information content (AvgIpc) is 2.11. The molecule has 0 aliphatic rings. The lowest BCUT2D eigenvalue weighted by atomic mass is 10.4. The van der Waals surface area contributed by atoms with Gasteiger partial charge in [0, 0.05) is 19.3 Å². The summed E-state index contributed by atoms with van der Waals surface area (Å²) in [6.45, 7) is 0.477. The Kier molecular flexibility index (Phi) is 6.06. The van der Waals surface area contributed by atoms with Crippen LogP contribution in [0.3, 0.4) is 0 Å². The molecule has 0 heterocycles. The highest BCUT2D eigenvalue weighted by molar-refractivity contribution is 7.91. The lowest BCUT2D eigenvalue weighted by Gasteiger charge is -2.07. The number of nitrogens with two attached hydrogens (primary N) is 1. The highest BCUT2D eigenvalue weighted by atomic mass is 32.2. The van der Waals surface area contributed by atoms with Crippen molar-refractivity contribution in [2.75, 3.05) is 24.6 Å². The van der Waals surface area contributed by atoms with Crippen molar-refractivity contribution in [3.63, 3.8) is 0 Å². The van der Waals surface area contributed by atoms with Gasteiger partial charge in [-0.25, -0.2) is 8.42 Å². The monoisotopic (exact) mass is 237 g/mol. The van der Waals surface area contributed by atoms with Gasteiger partial charge in [-0.2, -0.15) is 0 Å². The van der Waals surface area contributed by atoms with E-state index in [1.165, 1.54) is 0 Å². The van der Waals surface area contributed by atoms with E-state index in [1.54, 1.807) is 0 Å². The van der Waals surface area contributed by atoms with Crippen molar-refractivity contribution >= 4 is 22.0 Å². The Hall–Kier alpha value is -0.990. The van der Waals surface area contributed by atoms with Crippen LogP contribution in [0, 0.1) is 5.41 Å². The molecule has 0 amide bonds. The van der Waals surface area contributed by atoms with Crippen molar-refractivity contribution in [1.82, 2.24) is 5.32 Å². The Morgan fingerprint density at radius 3 is 2.67 bits per heavy atom. The van der Waals surface area contributed by atoms with Gasteiger partial charge in [0.25, 0.3) is 0 Å². The van der Waals surface area contributed by atoms with E-state index in [0.717, 1.165) is 6.21 Å². The number of aliphatic carboxylic acids is 1. The Balaban J connectivity index is 3.97. The molecule has 0 aromatic rings. The second-order valence-electron chi connectivity index (χ2n) is 2.97. The molecule has 0 rings (SSSR count). The summed E-state index contributed by atoms with van der Waals surface area (Å²) < 4.78 is 22.5. The standard InChI is InChI=1S/C7H15N3O4S/c8-1-2-10-3-4-15(13,14)5-6(9)7(11)12/h1,6,8,10H,2-5,9H2,(H,11,12)/t6-/m0/s1. The molecule has 15 heavy (non-hydrogen) atoms. The van der Waals surface area contributed by atoms with Crippen molar-refractivity contribution in [2.45, 2.75) is 6.04 Å². The second kappa shape index (κ2) is 6.49. The van der Waals surface area contributed by atoms with Gasteiger partial charge in [0.05, 0.1) is 11.5 Å². The Bertz CT molecular complexity index is 314. The zero-order valence-corrected chi connectivity index (χ0v) is 8.96. The molecule has 0 unspecified atom stereocenters. The molecule has 0 bridgehead atoms. The van der Waals surface area contributed by atoms with Crippen LogP contribution in [0.4, 0.5) is 0 Å². The van der Waals surface area contributed by atoms with Gasteiger partial charge in [-0.3, -0.25) is 4.79 Å². The number of hydrogen-bond acceptors (Lipinski definition) is 6. The van der Waals surface area contributed by atoms with Crippen LogP contribution in [0.25, 0.3) is 0 Å². The average molecular weight is 237 g/mol. The molecule has 88 valence electrons. The van der Waals surface area contributed by atoms with Crippen molar-refractivity contribution in [3.05, 3.63) is 0 Å². The third-order valence-corrected chi connectivity index (χ3v) is 3.28. The van der Waals surface area contributed by atoms with Gasteiger partial charge >= 0.3 is 5.97 Å². The van der Waals surface area contributed by atoms with Gasteiger partial charge in [0.2, 0.25) is 0 Å². The van der Waals surface area contributed by atoms with Crippen LogP contribution in [0.2, 0.25) is 0 Å². The van der Waals surface area contributed by atoms with Crippen LogP contribution in [-0.4, -0.2) is 56.3 Å². The molecule has 0 aromatic carbocycles. The molecule has 0 radical (unpaired) electrons. The van der Waals surface area contributed by atoms with E-state index in [4.69, 9.17) is 16.2 Å². The van der Waals surface area contributed by atoms with Gasteiger partial charge in [-0.1, -0.05) is 0 Å². The van der Waals surface area contributed by atoms with E-state index in [0.29, 0.717) is 6.54 Å². The highest BCUT2D eigenvalue weighted by Gasteiger charge is 2.20. The van der Waals surface area contributed by atoms with Gasteiger partial charge in [-0.05, 0) is 0 Å². The van der Waals surface area contributed by atoms with E-state index in [-0.39, 0.29) is 12.3 Å².